The molecule has 0 saturated heterocycles. The summed E-state index contributed by atoms with van der Waals surface area (Å²) in [5.74, 6) is -0.196. The van der Waals surface area contributed by atoms with Gasteiger partial charge in [-0.2, -0.15) is 13.2 Å². The number of halogens is 3. The minimum atomic E-state index is -4.41. The number of aromatic nitrogens is 2. The van der Waals surface area contributed by atoms with E-state index >= 15 is 0 Å². The maximum Gasteiger partial charge on any atom is 0.416 e. The van der Waals surface area contributed by atoms with Gasteiger partial charge in [-0.05, 0) is 37.5 Å². The van der Waals surface area contributed by atoms with Gasteiger partial charge in [-0.1, -0.05) is 25.0 Å². The number of benzene rings is 1. The first-order valence-electron chi connectivity index (χ1n) is 8.28. The highest BCUT2D eigenvalue weighted by molar-refractivity contribution is 5.92. The van der Waals surface area contributed by atoms with Crippen molar-refractivity contribution in [2.45, 2.75) is 44.3 Å². The van der Waals surface area contributed by atoms with Crippen molar-refractivity contribution in [2.75, 3.05) is 0 Å². The third-order valence-corrected chi connectivity index (χ3v) is 4.67. The van der Waals surface area contributed by atoms with Crippen LogP contribution >= 0.6 is 0 Å². The molecule has 3 rings (SSSR count). The zero-order valence-corrected chi connectivity index (χ0v) is 14.1. The maximum atomic E-state index is 12.8. The van der Waals surface area contributed by atoms with Gasteiger partial charge in [0.1, 0.15) is 11.5 Å². The molecule has 0 unspecified atom stereocenters. The van der Waals surface area contributed by atoms with Gasteiger partial charge in [-0.3, -0.25) is 9.59 Å². The Morgan fingerprint density at radius 1 is 1.19 bits per heavy atom. The lowest BCUT2D eigenvalue weighted by molar-refractivity contribution is -0.137. The van der Waals surface area contributed by atoms with Crippen molar-refractivity contribution < 1.29 is 18.0 Å². The SMILES string of the molecule is Cc1nc(C(=O)NC2(c3ccc(C(F)(F)F)cc3)CCCC2)cc(=O)[nH]1. The molecule has 1 aliphatic carbocycles. The van der Waals surface area contributed by atoms with E-state index in [2.05, 4.69) is 15.3 Å². The van der Waals surface area contributed by atoms with Crippen LogP contribution in [-0.4, -0.2) is 15.9 Å². The van der Waals surface area contributed by atoms with E-state index in [1.54, 1.807) is 6.92 Å². The summed E-state index contributed by atoms with van der Waals surface area (Å²) in [6.07, 6.45) is -1.47. The molecule has 2 aromatic rings. The van der Waals surface area contributed by atoms with Crippen molar-refractivity contribution in [1.82, 2.24) is 15.3 Å². The highest BCUT2D eigenvalue weighted by atomic mass is 19.4. The molecule has 0 atom stereocenters. The smallest absolute Gasteiger partial charge is 0.341 e. The Labute approximate surface area is 147 Å². The summed E-state index contributed by atoms with van der Waals surface area (Å²) in [5, 5.41) is 2.90. The Hall–Kier alpha value is -2.64. The van der Waals surface area contributed by atoms with Gasteiger partial charge in [0.15, 0.2) is 0 Å². The van der Waals surface area contributed by atoms with Crippen LogP contribution < -0.4 is 10.9 Å². The number of alkyl halides is 3. The third kappa shape index (κ3) is 3.63. The zero-order valence-electron chi connectivity index (χ0n) is 14.1. The fourth-order valence-electron chi connectivity index (χ4n) is 3.42. The summed E-state index contributed by atoms with van der Waals surface area (Å²) in [5.41, 5.74) is -1.30. The fourth-order valence-corrected chi connectivity index (χ4v) is 3.42. The van der Waals surface area contributed by atoms with Gasteiger partial charge < -0.3 is 10.3 Å². The fraction of sp³-hybridized carbons (Fsp3) is 0.389. The molecule has 1 aliphatic rings. The summed E-state index contributed by atoms with van der Waals surface area (Å²) < 4.78 is 38.4. The number of aryl methyl sites for hydroxylation is 1. The molecule has 1 amide bonds. The van der Waals surface area contributed by atoms with E-state index < -0.39 is 28.7 Å². The normalized spacial score (nSPS) is 16.5. The number of rotatable bonds is 3. The minimum Gasteiger partial charge on any atom is -0.341 e. The molecule has 0 radical (unpaired) electrons. The summed E-state index contributed by atoms with van der Waals surface area (Å²) in [4.78, 5) is 30.7. The highest BCUT2D eigenvalue weighted by Gasteiger charge is 2.38. The van der Waals surface area contributed by atoms with Crippen LogP contribution in [0.5, 0.6) is 0 Å². The van der Waals surface area contributed by atoms with Crippen molar-refractivity contribution in [3.63, 3.8) is 0 Å². The van der Waals surface area contributed by atoms with Crippen LogP contribution in [0, 0.1) is 6.92 Å². The first kappa shape index (κ1) is 18.2. The molecule has 1 aromatic heterocycles. The van der Waals surface area contributed by atoms with E-state index in [-0.39, 0.29) is 5.69 Å². The Balaban J connectivity index is 1.91. The standard InChI is InChI=1S/C18H18F3N3O2/c1-11-22-14(10-15(25)23-11)16(26)24-17(8-2-3-9-17)12-4-6-13(7-5-12)18(19,20)21/h4-7,10H,2-3,8-9H2,1H3,(H,24,26)(H,22,23,25). The van der Waals surface area contributed by atoms with Crippen LogP contribution in [0.4, 0.5) is 13.2 Å². The molecule has 0 aliphatic heterocycles. The number of aromatic amines is 1. The van der Waals surface area contributed by atoms with Gasteiger partial charge in [0.25, 0.3) is 11.5 Å². The number of nitrogens with one attached hydrogen (secondary N) is 2. The van der Waals surface area contributed by atoms with Crippen LogP contribution in [0.15, 0.2) is 35.1 Å². The Kier molecular flexibility index (Phi) is 4.60. The van der Waals surface area contributed by atoms with E-state index in [0.717, 1.165) is 31.0 Å². The molecule has 1 fully saturated rings. The topological polar surface area (TPSA) is 74.8 Å². The lowest BCUT2D eigenvalue weighted by Crippen LogP contribution is -2.44. The average molecular weight is 365 g/mol. The van der Waals surface area contributed by atoms with Gasteiger partial charge in [-0.15, -0.1) is 0 Å². The predicted molar refractivity (Wildman–Crippen MR) is 88.7 cm³/mol. The molecule has 0 spiro atoms. The molecule has 5 nitrogen and oxygen atoms in total. The lowest BCUT2D eigenvalue weighted by Gasteiger charge is -2.31. The summed E-state index contributed by atoms with van der Waals surface area (Å²) in [6.45, 7) is 1.57. The molecule has 1 aromatic carbocycles. The van der Waals surface area contributed by atoms with Crippen LogP contribution in [-0.2, 0) is 11.7 Å². The molecule has 2 N–H and O–H groups in total. The quantitative estimate of drug-likeness (QED) is 0.876. The Bertz CT molecular complexity index is 866. The molecule has 138 valence electrons. The maximum absolute atomic E-state index is 12.8. The summed E-state index contributed by atoms with van der Waals surface area (Å²) >= 11 is 0. The van der Waals surface area contributed by atoms with Crippen molar-refractivity contribution >= 4 is 5.91 Å². The summed E-state index contributed by atoms with van der Waals surface area (Å²) in [6, 6.07) is 5.97. The highest BCUT2D eigenvalue weighted by Crippen LogP contribution is 2.40. The van der Waals surface area contributed by atoms with Crippen LogP contribution in [0.2, 0.25) is 0 Å². The first-order chi connectivity index (χ1) is 12.2. The van der Waals surface area contributed by atoms with E-state index in [0.29, 0.717) is 24.2 Å². The molecular formula is C18H18F3N3O2. The van der Waals surface area contributed by atoms with Crippen LogP contribution in [0.1, 0.15) is 53.1 Å². The van der Waals surface area contributed by atoms with Crippen molar-refractivity contribution in [3.05, 3.63) is 63.3 Å². The van der Waals surface area contributed by atoms with E-state index in [1.165, 1.54) is 12.1 Å². The van der Waals surface area contributed by atoms with Crippen molar-refractivity contribution in [3.8, 4) is 0 Å². The monoisotopic (exact) mass is 365 g/mol. The van der Waals surface area contributed by atoms with Gasteiger partial charge in [0.05, 0.1) is 11.1 Å². The molecule has 1 heterocycles. The average Bonchev–Trinajstić information content (AvgIpc) is 3.03. The van der Waals surface area contributed by atoms with Crippen LogP contribution in [0.3, 0.4) is 0 Å². The van der Waals surface area contributed by atoms with Gasteiger partial charge in [0, 0.05) is 6.07 Å². The van der Waals surface area contributed by atoms with Crippen molar-refractivity contribution in [2.24, 2.45) is 0 Å². The number of H-pyrrole nitrogens is 1. The van der Waals surface area contributed by atoms with E-state index in [1.807, 2.05) is 0 Å². The number of hydrogen-bond acceptors (Lipinski definition) is 3. The van der Waals surface area contributed by atoms with Crippen molar-refractivity contribution in [1.29, 1.82) is 0 Å². The summed E-state index contributed by atoms with van der Waals surface area (Å²) in [7, 11) is 0. The number of amides is 1. The van der Waals surface area contributed by atoms with Gasteiger partial charge in [-0.25, -0.2) is 4.98 Å². The van der Waals surface area contributed by atoms with Crippen LogP contribution in [0.25, 0.3) is 0 Å². The molecule has 26 heavy (non-hydrogen) atoms. The minimum absolute atomic E-state index is 0.00978. The zero-order chi connectivity index (χ0) is 18.9. The predicted octanol–water partition coefficient (Wildman–Crippen LogP) is 3.30. The Morgan fingerprint density at radius 2 is 1.81 bits per heavy atom. The largest absolute Gasteiger partial charge is 0.416 e. The van der Waals surface area contributed by atoms with Gasteiger partial charge >= 0.3 is 6.18 Å². The molecule has 1 saturated carbocycles. The van der Waals surface area contributed by atoms with E-state index in [4.69, 9.17) is 0 Å². The number of carbonyl (C=O) groups excluding carboxylic acids is 1. The second kappa shape index (κ2) is 6.59. The third-order valence-electron chi connectivity index (χ3n) is 4.67. The van der Waals surface area contributed by atoms with Gasteiger partial charge in [0.2, 0.25) is 0 Å². The second-order valence-corrected chi connectivity index (χ2v) is 6.53. The number of carbonyl (C=O) groups is 1. The van der Waals surface area contributed by atoms with E-state index in [9.17, 15) is 22.8 Å². The molecular weight excluding hydrogens is 347 g/mol. The Morgan fingerprint density at radius 3 is 2.35 bits per heavy atom. The number of nitrogens with zero attached hydrogens (tertiary/aromatic N) is 1. The lowest BCUT2D eigenvalue weighted by atomic mass is 9.87. The second-order valence-electron chi connectivity index (χ2n) is 6.53. The molecule has 0 bridgehead atoms. The molecule has 8 heteroatoms. The number of hydrogen-bond donors (Lipinski definition) is 2. The first-order valence-corrected chi connectivity index (χ1v) is 8.28.